The molecule has 0 aromatic heterocycles. The first-order chi connectivity index (χ1) is 10.8. The van der Waals surface area contributed by atoms with Gasteiger partial charge in [0.1, 0.15) is 11.5 Å². The van der Waals surface area contributed by atoms with Crippen molar-refractivity contribution in [2.24, 2.45) is 10.8 Å². The van der Waals surface area contributed by atoms with Gasteiger partial charge in [0.05, 0.1) is 12.8 Å². The van der Waals surface area contributed by atoms with Crippen LogP contribution in [0.3, 0.4) is 0 Å². The zero-order valence-electron chi connectivity index (χ0n) is 14.9. The number of para-hydroxylation sites is 2. The lowest BCUT2D eigenvalue weighted by atomic mass is 9.50. The molecule has 0 bridgehead atoms. The maximum Gasteiger partial charge on any atom is 0.147 e. The smallest absolute Gasteiger partial charge is 0.147 e. The maximum atomic E-state index is 12.4. The summed E-state index contributed by atoms with van der Waals surface area (Å²) in [4.78, 5) is 17.3. The molecule has 1 heterocycles. The highest BCUT2D eigenvalue weighted by Crippen LogP contribution is 2.53. The van der Waals surface area contributed by atoms with Crippen molar-refractivity contribution in [3.8, 4) is 5.75 Å². The molecule has 1 saturated heterocycles. The Morgan fingerprint density at radius 1 is 1.00 bits per heavy atom. The van der Waals surface area contributed by atoms with Crippen molar-refractivity contribution < 1.29 is 9.53 Å². The van der Waals surface area contributed by atoms with Crippen LogP contribution in [0.4, 0.5) is 5.69 Å². The first kappa shape index (κ1) is 16.3. The van der Waals surface area contributed by atoms with E-state index in [2.05, 4.69) is 49.6 Å². The lowest BCUT2D eigenvalue weighted by Gasteiger charge is -2.60. The van der Waals surface area contributed by atoms with E-state index in [9.17, 15) is 4.79 Å². The fourth-order valence-corrected chi connectivity index (χ4v) is 4.93. The first-order valence-corrected chi connectivity index (χ1v) is 8.47. The van der Waals surface area contributed by atoms with E-state index in [0.717, 1.165) is 37.6 Å². The standard InChI is InChI=1S/C19H28N2O2/c1-18(2)16(19(3,4)17(18)22)21-12-10-20(11-13-21)14-8-6-7-9-15(14)23-5/h6-9,16H,10-13H2,1-5H3. The van der Waals surface area contributed by atoms with Crippen molar-refractivity contribution in [1.82, 2.24) is 4.90 Å². The molecule has 0 N–H and O–H groups in total. The number of nitrogens with zero attached hydrogens (tertiary/aromatic N) is 2. The van der Waals surface area contributed by atoms with Crippen molar-refractivity contribution in [1.29, 1.82) is 0 Å². The Morgan fingerprint density at radius 2 is 1.57 bits per heavy atom. The Bertz CT molecular complexity index is 583. The monoisotopic (exact) mass is 316 g/mol. The predicted octanol–water partition coefficient (Wildman–Crippen LogP) is 2.82. The number of methoxy groups -OCH3 is 1. The molecule has 4 nitrogen and oxygen atoms in total. The molecular weight excluding hydrogens is 288 g/mol. The van der Waals surface area contributed by atoms with Crippen LogP contribution in [0, 0.1) is 10.8 Å². The van der Waals surface area contributed by atoms with E-state index in [-0.39, 0.29) is 10.8 Å². The van der Waals surface area contributed by atoms with Crippen LogP contribution in [0.25, 0.3) is 0 Å². The Balaban J connectivity index is 1.71. The Morgan fingerprint density at radius 3 is 2.13 bits per heavy atom. The van der Waals surface area contributed by atoms with Gasteiger partial charge < -0.3 is 9.64 Å². The zero-order valence-corrected chi connectivity index (χ0v) is 14.9. The van der Waals surface area contributed by atoms with Crippen molar-refractivity contribution in [3.63, 3.8) is 0 Å². The fraction of sp³-hybridized carbons (Fsp3) is 0.632. The number of benzene rings is 1. The normalized spacial score (nSPS) is 24.4. The second kappa shape index (κ2) is 5.52. The summed E-state index contributed by atoms with van der Waals surface area (Å²) in [5.41, 5.74) is 0.713. The molecule has 2 fully saturated rings. The van der Waals surface area contributed by atoms with Gasteiger partial charge in [-0.05, 0) is 12.1 Å². The molecule has 23 heavy (non-hydrogen) atoms. The number of hydrogen-bond acceptors (Lipinski definition) is 4. The minimum atomic E-state index is -0.226. The van der Waals surface area contributed by atoms with Crippen molar-refractivity contribution in [2.75, 3.05) is 38.2 Å². The molecule has 126 valence electrons. The van der Waals surface area contributed by atoms with E-state index in [1.54, 1.807) is 7.11 Å². The number of rotatable bonds is 3. The lowest BCUT2D eigenvalue weighted by molar-refractivity contribution is -0.170. The van der Waals surface area contributed by atoms with E-state index in [0.29, 0.717) is 11.8 Å². The molecule has 3 rings (SSSR count). The summed E-state index contributed by atoms with van der Waals surface area (Å²) in [6.07, 6.45) is 0. The van der Waals surface area contributed by atoms with Gasteiger partial charge in [0.25, 0.3) is 0 Å². The van der Waals surface area contributed by atoms with E-state index in [1.165, 1.54) is 0 Å². The molecule has 1 aliphatic heterocycles. The van der Waals surface area contributed by atoms with Crippen LogP contribution >= 0.6 is 0 Å². The van der Waals surface area contributed by atoms with Crippen LogP contribution in [0.2, 0.25) is 0 Å². The summed E-state index contributed by atoms with van der Waals surface area (Å²) < 4.78 is 5.49. The Labute approximate surface area is 139 Å². The summed E-state index contributed by atoms with van der Waals surface area (Å²) in [6, 6.07) is 8.53. The van der Waals surface area contributed by atoms with Gasteiger partial charge in [-0.25, -0.2) is 0 Å². The van der Waals surface area contributed by atoms with E-state index >= 15 is 0 Å². The van der Waals surface area contributed by atoms with E-state index < -0.39 is 0 Å². The molecule has 0 spiro atoms. The van der Waals surface area contributed by atoms with Crippen LogP contribution < -0.4 is 9.64 Å². The molecule has 0 atom stereocenters. The number of ketones is 1. The average Bonchev–Trinajstić information content (AvgIpc) is 2.54. The number of carbonyl (C=O) groups excluding carboxylic acids is 1. The van der Waals surface area contributed by atoms with Gasteiger partial charge in [-0.1, -0.05) is 39.8 Å². The zero-order chi connectivity index (χ0) is 16.8. The van der Waals surface area contributed by atoms with Crippen LogP contribution in [-0.2, 0) is 4.79 Å². The minimum Gasteiger partial charge on any atom is -0.495 e. The molecule has 1 aliphatic carbocycles. The molecule has 0 radical (unpaired) electrons. The number of anilines is 1. The second-order valence-electron chi connectivity index (χ2n) is 7.87. The number of carbonyl (C=O) groups is 1. The molecule has 1 aromatic carbocycles. The Hall–Kier alpha value is -1.55. The maximum absolute atomic E-state index is 12.4. The van der Waals surface area contributed by atoms with Crippen LogP contribution in [-0.4, -0.2) is 50.0 Å². The van der Waals surface area contributed by atoms with Crippen molar-refractivity contribution in [2.45, 2.75) is 33.7 Å². The van der Waals surface area contributed by atoms with Gasteiger partial charge in [0, 0.05) is 43.1 Å². The van der Waals surface area contributed by atoms with Gasteiger partial charge in [-0.3, -0.25) is 9.69 Å². The molecular formula is C19H28N2O2. The van der Waals surface area contributed by atoms with Gasteiger partial charge >= 0.3 is 0 Å². The Kier molecular flexibility index (Phi) is 3.91. The summed E-state index contributed by atoms with van der Waals surface area (Å²) in [6.45, 7) is 12.3. The largest absolute Gasteiger partial charge is 0.495 e. The molecule has 2 aliphatic rings. The van der Waals surface area contributed by atoms with Gasteiger partial charge in [0.15, 0.2) is 0 Å². The SMILES string of the molecule is COc1ccccc1N1CCN(C2C(C)(C)C(=O)C2(C)C)CC1. The summed E-state index contributed by atoms with van der Waals surface area (Å²) in [5, 5.41) is 0. The molecule has 4 heteroatoms. The highest BCUT2D eigenvalue weighted by Gasteiger charge is 2.63. The third-order valence-corrected chi connectivity index (χ3v) is 5.64. The van der Waals surface area contributed by atoms with Gasteiger partial charge in [-0.15, -0.1) is 0 Å². The molecule has 1 aromatic rings. The van der Waals surface area contributed by atoms with Crippen LogP contribution in [0.15, 0.2) is 24.3 Å². The first-order valence-electron chi connectivity index (χ1n) is 8.47. The highest BCUT2D eigenvalue weighted by atomic mass is 16.5. The lowest BCUT2D eigenvalue weighted by Crippen LogP contribution is -2.72. The number of Topliss-reactive ketones (excluding diaryl/α,β-unsaturated/α-hetero) is 1. The third-order valence-electron chi connectivity index (χ3n) is 5.64. The second-order valence-corrected chi connectivity index (χ2v) is 7.87. The third kappa shape index (κ3) is 2.44. The molecule has 1 saturated carbocycles. The molecule has 0 amide bonds. The van der Waals surface area contributed by atoms with Gasteiger partial charge in [-0.2, -0.15) is 0 Å². The summed E-state index contributed by atoms with van der Waals surface area (Å²) in [7, 11) is 1.72. The number of ether oxygens (including phenoxy) is 1. The molecule has 0 unspecified atom stereocenters. The minimum absolute atomic E-state index is 0.226. The van der Waals surface area contributed by atoms with Crippen LogP contribution in [0.1, 0.15) is 27.7 Å². The summed E-state index contributed by atoms with van der Waals surface area (Å²) in [5.74, 6) is 1.32. The fourth-order valence-electron chi connectivity index (χ4n) is 4.93. The quantitative estimate of drug-likeness (QED) is 0.858. The summed E-state index contributed by atoms with van der Waals surface area (Å²) >= 11 is 0. The van der Waals surface area contributed by atoms with Crippen molar-refractivity contribution in [3.05, 3.63) is 24.3 Å². The van der Waals surface area contributed by atoms with Crippen molar-refractivity contribution >= 4 is 11.5 Å². The highest BCUT2D eigenvalue weighted by molar-refractivity contribution is 5.97. The van der Waals surface area contributed by atoms with Crippen LogP contribution in [0.5, 0.6) is 5.75 Å². The average molecular weight is 316 g/mol. The topological polar surface area (TPSA) is 32.8 Å². The van der Waals surface area contributed by atoms with E-state index in [1.807, 2.05) is 12.1 Å². The van der Waals surface area contributed by atoms with E-state index in [4.69, 9.17) is 4.74 Å². The number of hydrogen-bond donors (Lipinski definition) is 0. The predicted molar refractivity (Wildman–Crippen MR) is 93.1 cm³/mol. The van der Waals surface area contributed by atoms with Gasteiger partial charge in [0.2, 0.25) is 0 Å². The number of piperazine rings is 1.